The van der Waals surface area contributed by atoms with Gasteiger partial charge in [0.05, 0.1) is 16.9 Å². The Kier molecular flexibility index (Phi) is 4.71. The maximum atomic E-state index is 13.9. The van der Waals surface area contributed by atoms with Crippen LogP contribution in [0.2, 0.25) is 0 Å². The summed E-state index contributed by atoms with van der Waals surface area (Å²) in [5.74, 6) is -0.896. The zero-order chi connectivity index (χ0) is 17.1. The molecule has 0 amide bonds. The number of hydrogen-bond acceptors (Lipinski definition) is 4. The number of thioether (sulfide) groups is 1. The Morgan fingerprint density at radius 1 is 1.04 bits per heavy atom. The Labute approximate surface area is 141 Å². The standard InChI is InChI=1S/C17H13F2N3OS/c1-22-16(12-7-3-5-9-14(12)19)20-21-17(22)24-10-15(23)11-6-2-4-8-13(11)18/h2-9H,10H2,1H3. The number of ketones is 1. The van der Waals surface area contributed by atoms with E-state index in [0.717, 1.165) is 11.8 Å². The van der Waals surface area contributed by atoms with E-state index in [-0.39, 0.29) is 17.1 Å². The summed E-state index contributed by atoms with van der Waals surface area (Å²) in [6, 6.07) is 12.1. The molecule has 0 radical (unpaired) electrons. The highest BCUT2D eigenvalue weighted by molar-refractivity contribution is 7.99. The fourth-order valence-electron chi connectivity index (χ4n) is 2.21. The molecule has 122 valence electrons. The van der Waals surface area contributed by atoms with E-state index in [1.807, 2.05) is 0 Å². The van der Waals surface area contributed by atoms with Gasteiger partial charge < -0.3 is 4.57 Å². The Bertz CT molecular complexity index is 895. The number of Topliss-reactive ketones (excluding diaryl/α,β-unsaturated/α-hetero) is 1. The van der Waals surface area contributed by atoms with Crippen LogP contribution in [-0.2, 0) is 7.05 Å². The number of rotatable bonds is 5. The fraction of sp³-hybridized carbons (Fsp3) is 0.118. The normalized spacial score (nSPS) is 10.8. The van der Waals surface area contributed by atoms with Crippen LogP contribution in [0.25, 0.3) is 11.4 Å². The van der Waals surface area contributed by atoms with Gasteiger partial charge in [0, 0.05) is 7.05 Å². The van der Waals surface area contributed by atoms with E-state index < -0.39 is 11.6 Å². The van der Waals surface area contributed by atoms with Crippen LogP contribution in [0.4, 0.5) is 8.78 Å². The molecule has 0 aliphatic carbocycles. The minimum absolute atomic E-state index is 0.0180. The second-order valence-electron chi connectivity index (χ2n) is 5.04. The summed E-state index contributed by atoms with van der Waals surface area (Å²) in [5.41, 5.74) is 0.376. The third kappa shape index (κ3) is 3.21. The van der Waals surface area contributed by atoms with Gasteiger partial charge in [-0.05, 0) is 24.3 Å². The average molecular weight is 345 g/mol. The molecule has 0 unspecified atom stereocenters. The largest absolute Gasteiger partial charge is 0.305 e. The molecule has 0 saturated heterocycles. The number of carbonyl (C=O) groups excluding carboxylic acids is 1. The Hall–Kier alpha value is -2.54. The Morgan fingerprint density at radius 3 is 2.42 bits per heavy atom. The maximum absolute atomic E-state index is 13.9. The van der Waals surface area contributed by atoms with Gasteiger partial charge in [-0.3, -0.25) is 4.79 Å². The van der Waals surface area contributed by atoms with Gasteiger partial charge in [-0.15, -0.1) is 10.2 Å². The van der Waals surface area contributed by atoms with Gasteiger partial charge in [-0.25, -0.2) is 8.78 Å². The lowest BCUT2D eigenvalue weighted by Crippen LogP contribution is -2.06. The number of hydrogen-bond donors (Lipinski definition) is 0. The second kappa shape index (κ2) is 6.92. The van der Waals surface area contributed by atoms with Crippen molar-refractivity contribution >= 4 is 17.5 Å². The third-order valence-electron chi connectivity index (χ3n) is 3.46. The van der Waals surface area contributed by atoms with Crippen LogP contribution in [0.5, 0.6) is 0 Å². The first-order valence-electron chi connectivity index (χ1n) is 7.12. The summed E-state index contributed by atoms with van der Waals surface area (Å²) in [6.45, 7) is 0. The van der Waals surface area contributed by atoms with Gasteiger partial charge in [0.2, 0.25) is 0 Å². The molecule has 4 nitrogen and oxygen atoms in total. The zero-order valence-electron chi connectivity index (χ0n) is 12.7. The van der Waals surface area contributed by atoms with Crippen molar-refractivity contribution in [2.24, 2.45) is 7.05 Å². The minimum Gasteiger partial charge on any atom is -0.305 e. The van der Waals surface area contributed by atoms with E-state index in [4.69, 9.17) is 0 Å². The van der Waals surface area contributed by atoms with Crippen molar-refractivity contribution in [1.82, 2.24) is 14.8 Å². The van der Waals surface area contributed by atoms with Crippen molar-refractivity contribution in [2.75, 3.05) is 5.75 Å². The van der Waals surface area contributed by atoms with Gasteiger partial charge >= 0.3 is 0 Å². The van der Waals surface area contributed by atoms with Crippen molar-refractivity contribution in [3.05, 3.63) is 65.7 Å². The summed E-state index contributed by atoms with van der Waals surface area (Å²) < 4.78 is 29.1. The molecule has 0 saturated carbocycles. The topological polar surface area (TPSA) is 47.8 Å². The third-order valence-corrected chi connectivity index (χ3v) is 4.48. The highest BCUT2D eigenvalue weighted by atomic mass is 32.2. The number of benzene rings is 2. The molecule has 2 aromatic carbocycles. The molecule has 24 heavy (non-hydrogen) atoms. The molecule has 3 aromatic rings. The van der Waals surface area contributed by atoms with Crippen LogP contribution in [-0.4, -0.2) is 26.3 Å². The molecule has 3 rings (SSSR count). The molecule has 0 fully saturated rings. The highest BCUT2D eigenvalue weighted by Crippen LogP contribution is 2.25. The quantitative estimate of drug-likeness (QED) is 0.522. The van der Waals surface area contributed by atoms with Crippen molar-refractivity contribution in [2.45, 2.75) is 5.16 Å². The van der Waals surface area contributed by atoms with E-state index in [9.17, 15) is 13.6 Å². The maximum Gasteiger partial charge on any atom is 0.191 e. The molecular weight excluding hydrogens is 332 g/mol. The molecule has 1 aromatic heterocycles. The van der Waals surface area contributed by atoms with Gasteiger partial charge in [0.25, 0.3) is 0 Å². The Morgan fingerprint density at radius 2 is 1.71 bits per heavy atom. The lowest BCUT2D eigenvalue weighted by molar-refractivity contribution is 0.101. The summed E-state index contributed by atoms with van der Waals surface area (Å²) in [6.07, 6.45) is 0. The summed E-state index contributed by atoms with van der Waals surface area (Å²) in [4.78, 5) is 12.1. The first kappa shape index (κ1) is 16.3. The van der Waals surface area contributed by atoms with Crippen molar-refractivity contribution in [3.8, 4) is 11.4 Å². The van der Waals surface area contributed by atoms with E-state index in [0.29, 0.717) is 16.5 Å². The first-order valence-corrected chi connectivity index (χ1v) is 8.11. The zero-order valence-corrected chi connectivity index (χ0v) is 13.6. The molecule has 0 spiro atoms. The van der Waals surface area contributed by atoms with E-state index in [1.54, 1.807) is 35.9 Å². The molecule has 7 heteroatoms. The Balaban J connectivity index is 1.77. The highest BCUT2D eigenvalue weighted by Gasteiger charge is 2.17. The van der Waals surface area contributed by atoms with Crippen molar-refractivity contribution in [3.63, 3.8) is 0 Å². The van der Waals surface area contributed by atoms with Crippen LogP contribution >= 0.6 is 11.8 Å². The van der Waals surface area contributed by atoms with Gasteiger partial charge in [0.1, 0.15) is 11.6 Å². The smallest absolute Gasteiger partial charge is 0.191 e. The molecule has 0 atom stereocenters. The van der Waals surface area contributed by atoms with E-state index >= 15 is 0 Å². The van der Waals surface area contributed by atoms with Crippen molar-refractivity contribution < 1.29 is 13.6 Å². The lowest BCUT2D eigenvalue weighted by Gasteiger charge is -2.05. The van der Waals surface area contributed by atoms with Crippen LogP contribution in [0.3, 0.4) is 0 Å². The summed E-state index contributed by atoms with van der Waals surface area (Å²) in [5, 5.41) is 8.42. The molecule has 1 heterocycles. The summed E-state index contributed by atoms with van der Waals surface area (Å²) >= 11 is 1.13. The van der Waals surface area contributed by atoms with Crippen LogP contribution in [0, 0.1) is 11.6 Å². The summed E-state index contributed by atoms with van der Waals surface area (Å²) in [7, 11) is 1.69. The molecule has 0 aliphatic heterocycles. The second-order valence-corrected chi connectivity index (χ2v) is 5.98. The minimum atomic E-state index is -0.548. The molecule has 0 bridgehead atoms. The monoisotopic (exact) mass is 345 g/mol. The fourth-order valence-corrected chi connectivity index (χ4v) is 3.01. The van der Waals surface area contributed by atoms with Crippen molar-refractivity contribution in [1.29, 1.82) is 0 Å². The lowest BCUT2D eigenvalue weighted by atomic mass is 10.1. The van der Waals surface area contributed by atoms with Crippen LogP contribution in [0.1, 0.15) is 10.4 Å². The SMILES string of the molecule is Cn1c(SCC(=O)c2ccccc2F)nnc1-c1ccccc1F. The van der Waals surface area contributed by atoms with Gasteiger partial charge in [-0.1, -0.05) is 36.0 Å². The molecule has 0 N–H and O–H groups in total. The van der Waals surface area contributed by atoms with E-state index in [2.05, 4.69) is 10.2 Å². The number of nitrogens with zero attached hydrogens (tertiary/aromatic N) is 3. The van der Waals surface area contributed by atoms with Crippen LogP contribution in [0.15, 0.2) is 53.7 Å². The number of carbonyl (C=O) groups is 1. The van der Waals surface area contributed by atoms with Crippen LogP contribution < -0.4 is 0 Å². The molecule has 0 aliphatic rings. The number of halogens is 2. The average Bonchev–Trinajstić information content (AvgIpc) is 2.94. The number of aromatic nitrogens is 3. The predicted octanol–water partition coefficient (Wildman–Crippen LogP) is 3.74. The van der Waals surface area contributed by atoms with E-state index in [1.165, 1.54) is 24.3 Å². The first-order chi connectivity index (χ1) is 11.6. The molecular formula is C17H13F2N3OS. The predicted molar refractivity (Wildman–Crippen MR) is 87.9 cm³/mol. The van der Waals surface area contributed by atoms with Gasteiger partial charge in [0.15, 0.2) is 16.8 Å². The van der Waals surface area contributed by atoms with Gasteiger partial charge in [-0.2, -0.15) is 0 Å².